The highest BCUT2D eigenvalue weighted by molar-refractivity contribution is 5.45. The molecule has 2 rings (SSSR count). The summed E-state index contributed by atoms with van der Waals surface area (Å²) in [4.78, 5) is 0. The zero-order valence-corrected chi connectivity index (χ0v) is 10.4. The van der Waals surface area contributed by atoms with Gasteiger partial charge in [0.05, 0.1) is 12.2 Å². The predicted molar refractivity (Wildman–Crippen MR) is 68.0 cm³/mol. The van der Waals surface area contributed by atoms with Gasteiger partial charge in [0.15, 0.2) is 0 Å². The van der Waals surface area contributed by atoms with Crippen molar-refractivity contribution in [2.45, 2.75) is 39.0 Å². The van der Waals surface area contributed by atoms with Crippen LogP contribution < -0.4 is 4.74 Å². The van der Waals surface area contributed by atoms with E-state index in [-0.39, 0.29) is 0 Å². The molecule has 0 bridgehead atoms. The lowest BCUT2D eigenvalue weighted by molar-refractivity contribution is 0.208. The molecule has 1 aliphatic rings. The van der Waals surface area contributed by atoms with Crippen LogP contribution in [0.4, 0.5) is 0 Å². The molecule has 0 N–H and O–H groups in total. The maximum Gasteiger partial charge on any atom is 0.137 e. The summed E-state index contributed by atoms with van der Waals surface area (Å²) >= 11 is 0. The quantitative estimate of drug-likeness (QED) is 0.789. The van der Waals surface area contributed by atoms with Crippen LogP contribution in [0.1, 0.15) is 43.2 Å². The lowest BCUT2D eigenvalue weighted by atomic mass is 9.90. The van der Waals surface area contributed by atoms with Crippen LogP contribution >= 0.6 is 0 Å². The number of aryl methyl sites for hydroxylation is 1. The van der Waals surface area contributed by atoms with Gasteiger partial charge in [0.1, 0.15) is 11.8 Å². The summed E-state index contributed by atoms with van der Waals surface area (Å²) in [6, 6.07) is 7.99. The average molecular weight is 229 g/mol. The number of rotatable bonds is 3. The first-order chi connectivity index (χ1) is 8.29. The average Bonchev–Trinajstić information content (AvgIpc) is 2.38. The number of nitrogens with zero attached hydrogens (tertiary/aromatic N) is 1. The third-order valence-electron chi connectivity index (χ3n) is 3.45. The predicted octanol–water partition coefficient (Wildman–Crippen LogP) is 3.83. The summed E-state index contributed by atoms with van der Waals surface area (Å²) in [5, 5.41) is 9.05. The van der Waals surface area contributed by atoms with Crippen molar-refractivity contribution < 1.29 is 4.74 Å². The molecule has 0 amide bonds. The molecule has 1 saturated carbocycles. The van der Waals surface area contributed by atoms with E-state index in [1.54, 1.807) is 0 Å². The van der Waals surface area contributed by atoms with Gasteiger partial charge >= 0.3 is 0 Å². The van der Waals surface area contributed by atoms with Crippen LogP contribution in [-0.2, 0) is 0 Å². The summed E-state index contributed by atoms with van der Waals surface area (Å²) in [6.07, 6.45) is 6.56. The molecule has 0 radical (unpaired) electrons. The van der Waals surface area contributed by atoms with Crippen molar-refractivity contribution in [1.29, 1.82) is 5.26 Å². The van der Waals surface area contributed by atoms with Crippen molar-refractivity contribution in [3.05, 3.63) is 29.3 Å². The van der Waals surface area contributed by atoms with Crippen molar-refractivity contribution in [2.24, 2.45) is 5.92 Å². The zero-order chi connectivity index (χ0) is 12.1. The van der Waals surface area contributed by atoms with Crippen molar-refractivity contribution in [3.63, 3.8) is 0 Å². The van der Waals surface area contributed by atoms with Gasteiger partial charge in [-0.2, -0.15) is 5.26 Å². The van der Waals surface area contributed by atoms with Crippen LogP contribution in [0.3, 0.4) is 0 Å². The lowest BCUT2D eigenvalue weighted by Crippen LogP contribution is -2.15. The molecule has 17 heavy (non-hydrogen) atoms. The molecule has 0 aromatic heterocycles. The highest BCUT2D eigenvalue weighted by atomic mass is 16.5. The first kappa shape index (κ1) is 12.0. The Hall–Kier alpha value is -1.49. The van der Waals surface area contributed by atoms with E-state index in [9.17, 15) is 0 Å². The van der Waals surface area contributed by atoms with Crippen molar-refractivity contribution in [1.82, 2.24) is 0 Å². The van der Waals surface area contributed by atoms with Crippen LogP contribution in [0, 0.1) is 24.2 Å². The summed E-state index contributed by atoms with van der Waals surface area (Å²) in [6.45, 7) is 2.75. The van der Waals surface area contributed by atoms with Gasteiger partial charge < -0.3 is 4.74 Å². The minimum absolute atomic E-state index is 0.654. The van der Waals surface area contributed by atoms with E-state index in [1.165, 1.54) is 32.1 Å². The zero-order valence-electron chi connectivity index (χ0n) is 10.4. The minimum Gasteiger partial charge on any atom is -0.492 e. The SMILES string of the molecule is Cc1ccc(OCC2CCCCC2)c(C#N)c1. The topological polar surface area (TPSA) is 33.0 Å². The molecule has 90 valence electrons. The molecule has 1 aliphatic carbocycles. The summed E-state index contributed by atoms with van der Waals surface area (Å²) in [7, 11) is 0. The maximum atomic E-state index is 9.05. The number of hydrogen-bond donors (Lipinski definition) is 0. The van der Waals surface area contributed by atoms with Gasteiger partial charge in [-0.05, 0) is 43.4 Å². The molecule has 1 fully saturated rings. The Labute approximate surface area is 103 Å². The first-order valence-corrected chi connectivity index (χ1v) is 6.43. The van der Waals surface area contributed by atoms with E-state index >= 15 is 0 Å². The van der Waals surface area contributed by atoms with Crippen molar-refractivity contribution in [3.8, 4) is 11.8 Å². The Balaban J connectivity index is 1.96. The highest BCUT2D eigenvalue weighted by Gasteiger charge is 2.14. The van der Waals surface area contributed by atoms with Gasteiger partial charge in [-0.3, -0.25) is 0 Å². The Morgan fingerprint density at radius 2 is 2.06 bits per heavy atom. The van der Waals surface area contributed by atoms with E-state index in [1.807, 2.05) is 25.1 Å². The van der Waals surface area contributed by atoms with Gasteiger partial charge in [0.25, 0.3) is 0 Å². The van der Waals surface area contributed by atoms with Crippen molar-refractivity contribution >= 4 is 0 Å². The number of benzene rings is 1. The fraction of sp³-hybridized carbons (Fsp3) is 0.533. The van der Waals surface area contributed by atoms with Crippen LogP contribution in [0.15, 0.2) is 18.2 Å². The van der Waals surface area contributed by atoms with E-state index in [2.05, 4.69) is 6.07 Å². The highest BCUT2D eigenvalue weighted by Crippen LogP contribution is 2.26. The summed E-state index contributed by atoms with van der Waals surface area (Å²) in [5.41, 5.74) is 1.76. The normalized spacial score (nSPS) is 16.5. The van der Waals surface area contributed by atoms with E-state index < -0.39 is 0 Å². The largest absolute Gasteiger partial charge is 0.492 e. The number of nitriles is 1. The molecule has 0 unspecified atom stereocenters. The standard InChI is InChI=1S/C15H19NO/c1-12-7-8-15(14(9-12)10-16)17-11-13-5-3-2-4-6-13/h7-9,13H,2-6,11H2,1H3. The Kier molecular flexibility index (Phi) is 4.03. The molecule has 0 saturated heterocycles. The Bertz CT molecular complexity index is 413. The fourth-order valence-corrected chi connectivity index (χ4v) is 2.42. The fourth-order valence-electron chi connectivity index (χ4n) is 2.42. The number of ether oxygens (including phenoxy) is 1. The van der Waals surface area contributed by atoms with Gasteiger partial charge in [0, 0.05) is 0 Å². The van der Waals surface area contributed by atoms with Crippen LogP contribution in [0.5, 0.6) is 5.75 Å². The molecular formula is C15H19NO. The van der Waals surface area contributed by atoms with Gasteiger partial charge in [0.2, 0.25) is 0 Å². The maximum absolute atomic E-state index is 9.05. The van der Waals surface area contributed by atoms with E-state index in [4.69, 9.17) is 10.00 Å². The molecular weight excluding hydrogens is 210 g/mol. The molecule has 1 aromatic rings. The van der Waals surface area contributed by atoms with E-state index in [0.717, 1.165) is 17.9 Å². The molecule has 0 heterocycles. The second-order valence-corrected chi connectivity index (χ2v) is 4.93. The Morgan fingerprint density at radius 1 is 1.29 bits per heavy atom. The summed E-state index contributed by atoms with van der Waals surface area (Å²) < 4.78 is 5.80. The third kappa shape index (κ3) is 3.23. The van der Waals surface area contributed by atoms with Gasteiger partial charge in [-0.15, -0.1) is 0 Å². The van der Waals surface area contributed by atoms with Crippen LogP contribution in [0.2, 0.25) is 0 Å². The second kappa shape index (κ2) is 5.72. The molecule has 0 spiro atoms. The second-order valence-electron chi connectivity index (χ2n) is 4.93. The minimum atomic E-state index is 0.654. The molecule has 0 atom stereocenters. The molecule has 1 aromatic carbocycles. The number of hydrogen-bond acceptors (Lipinski definition) is 2. The first-order valence-electron chi connectivity index (χ1n) is 6.43. The van der Waals surface area contributed by atoms with Gasteiger partial charge in [-0.1, -0.05) is 25.3 Å². The smallest absolute Gasteiger partial charge is 0.137 e. The molecule has 0 aliphatic heterocycles. The molecule has 2 heteroatoms. The molecule has 2 nitrogen and oxygen atoms in total. The van der Waals surface area contributed by atoms with E-state index in [0.29, 0.717) is 11.5 Å². The van der Waals surface area contributed by atoms with Gasteiger partial charge in [-0.25, -0.2) is 0 Å². The van der Waals surface area contributed by atoms with Crippen LogP contribution in [-0.4, -0.2) is 6.61 Å². The summed E-state index contributed by atoms with van der Waals surface area (Å²) in [5.74, 6) is 1.42. The Morgan fingerprint density at radius 3 is 2.76 bits per heavy atom. The third-order valence-corrected chi connectivity index (χ3v) is 3.45. The monoisotopic (exact) mass is 229 g/mol. The van der Waals surface area contributed by atoms with Crippen LogP contribution in [0.25, 0.3) is 0 Å². The van der Waals surface area contributed by atoms with Crippen molar-refractivity contribution in [2.75, 3.05) is 6.61 Å². The lowest BCUT2D eigenvalue weighted by Gasteiger charge is -2.21.